The zero-order valence-corrected chi connectivity index (χ0v) is 21.6. The first-order valence-corrected chi connectivity index (χ1v) is 12.8. The van der Waals surface area contributed by atoms with Gasteiger partial charge < -0.3 is 15.1 Å². The average Bonchev–Trinajstić information content (AvgIpc) is 3.49. The third kappa shape index (κ3) is 3.83. The van der Waals surface area contributed by atoms with Gasteiger partial charge in [-0.3, -0.25) is 19.9 Å². The minimum absolute atomic E-state index is 0.135. The Morgan fingerprint density at radius 2 is 2.05 bits per heavy atom. The molecule has 2 aromatic rings. The SMILES string of the molecule is C=N/C=C1/C(C(=O)N[C@@H]2CCc3c(C)n[nH]c32)=CN(Cc2ccc(N3CC4C(C3)C4(F)F)nc2C)/C1=N/C. The van der Waals surface area contributed by atoms with Crippen molar-refractivity contribution < 1.29 is 13.6 Å². The number of hydrogen-bond donors (Lipinski definition) is 2. The number of aromatic nitrogens is 3. The van der Waals surface area contributed by atoms with Gasteiger partial charge in [0.1, 0.15) is 11.7 Å². The van der Waals surface area contributed by atoms with Crippen LogP contribution in [0.15, 0.2) is 45.7 Å². The Labute approximate surface area is 219 Å². The Bertz CT molecular complexity index is 1410. The van der Waals surface area contributed by atoms with Crippen molar-refractivity contribution in [2.45, 2.75) is 45.2 Å². The van der Waals surface area contributed by atoms with Gasteiger partial charge in [0.15, 0.2) is 0 Å². The Kier molecular flexibility index (Phi) is 5.69. The molecule has 3 atom stereocenters. The number of nitrogens with zero attached hydrogens (tertiary/aromatic N) is 6. The van der Waals surface area contributed by atoms with Gasteiger partial charge in [0.25, 0.3) is 11.8 Å². The van der Waals surface area contributed by atoms with Crippen molar-refractivity contribution in [2.75, 3.05) is 25.0 Å². The van der Waals surface area contributed by atoms with Gasteiger partial charge in [-0.2, -0.15) is 5.10 Å². The number of pyridine rings is 1. The number of anilines is 1. The number of amidine groups is 1. The number of hydrogen-bond acceptors (Lipinski definition) is 6. The van der Waals surface area contributed by atoms with Crippen molar-refractivity contribution >= 4 is 24.3 Å². The monoisotopic (exact) mass is 520 g/mol. The lowest BCUT2D eigenvalue weighted by Gasteiger charge is -2.23. The van der Waals surface area contributed by atoms with Crippen LogP contribution in [0.4, 0.5) is 14.6 Å². The molecule has 9 nitrogen and oxygen atoms in total. The molecule has 4 heterocycles. The molecule has 1 saturated carbocycles. The van der Waals surface area contributed by atoms with Crippen molar-refractivity contribution in [2.24, 2.45) is 21.8 Å². The first kappa shape index (κ1) is 24.4. The lowest BCUT2D eigenvalue weighted by Crippen LogP contribution is -2.29. The summed E-state index contributed by atoms with van der Waals surface area (Å²) in [6.45, 7) is 8.57. The van der Waals surface area contributed by atoms with Gasteiger partial charge in [0, 0.05) is 43.8 Å². The van der Waals surface area contributed by atoms with Crippen LogP contribution in [-0.4, -0.2) is 64.6 Å². The van der Waals surface area contributed by atoms with E-state index in [1.165, 1.54) is 5.56 Å². The summed E-state index contributed by atoms with van der Waals surface area (Å²) in [5.41, 5.74) is 5.90. The van der Waals surface area contributed by atoms with Crippen LogP contribution < -0.4 is 10.2 Å². The Hall–Kier alpha value is -3.89. The molecule has 2 fully saturated rings. The Balaban J connectivity index is 1.20. The molecule has 6 rings (SSSR count). The average molecular weight is 521 g/mol. The summed E-state index contributed by atoms with van der Waals surface area (Å²) in [5, 5.41) is 10.5. The van der Waals surface area contributed by atoms with Crippen molar-refractivity contribution in [3.05, 3.63) is 63.9 Å². The zero-order valence-electron chi connectivity index (χ0n) is 21.6. The molecule has 0 radical (unpaired) electrons. The lowest BCUT2D eigenvalue weighted by molar-refractivity contribution is -0.118. The number of rotatable bonds is 6. The molecule has 2 aliphatic carbocycles. The second-order valence-electron chi connectivity index (χ2n) is 10.4. The van der Waals surface area contributed by atoms with E-state index in [1.807, 2.05) is 35.8 Å². The normalized spacial score (nSPS) is 27.1. The summed E-state index contributed by atoms with van der Waals surface area (Å²) in [6.07, 6.45) is 5.02. The number of alkyl halides is 2. The van der Waals surface area contributed by atoms with Crippen molar-refractivity contribution in [1.82, 2.24) is 25.4 Å². The number of carbonyl (C=O) groups excluding carboxylic acids is 1. The van der Waals surface area contributed by atoms with E-state index in [0.717, 1.165) is 41.3 Å². The molecule has 0 bridgehead atoms. The highest BCUT2D eigenvalue weighted by atomic mass is 19.3. The summed E-state index contributed by atoms with van der Waals surface area (Å²) >= 11 is 0. The maximum atomic E-state index is 13.6. The zero-order chi connectivity index (χ0) is 26.8. The van der Waals surface area contributed by atoms with E-state index < -0.39 is 17.8 Å². The van der Waals surface area contributed by atoms with Crippen molar-refractivity contribution in [3.63, 3.8) is 0 Å². The van der Waals surface area contributed by atoms with E-state index in [2.05, 4.69) is 32.2 Å². The molecular weight excluding hydrogens is 490 g/mol. The molecule has 4 aliphatic rings. The smallest absolute Gasteiger partial charge is 0.258 e. The number of piperidine rings is 1. The number of nitrogens with one attached hydrogen (secondary N) is 2. The molecule has 0 aromatic carbocycles. The summed E-state index contributed by atoms with van der Waals surface area (Å²) in [4.78, 5) is 30.4. The van der Waals surface area contributed by atoms with Crippen molar-refractivity contribution in [3.8, 4) is 0 Å². The van der Waals surface area contributed by atoms with E-state index in [9.17, 15) is 13.6 Å². The van der Waals surface area contributed by atoms with Gasteiger partial charge in [0.2, 0.25) is 0 Å². The number of aryl methyl sites for hydroxylation is 2. The molecule has 38 heavy (non-hydrogen) atoms. The molecule has 11 heteroatoms. The molecule has 2 unspecified atom stereocenters. The summed E-state index contributed by atoms with van der Waals surface area (Å²) < 4.78 is 27.2. The largest absolute Gasteiger partial charge is 0.356 e. The third-order valence-electron chi connectivity index (χ3n) is 8.25. The summed E-state index contributed by atoms with van der Waals surface area (Å²) in [7, 11) is 1.67. The molecule has 0 spiro atoms. The van der Waals surface area contributed by atoms with Crippen LogP contribution in [-0.2, 0) is 17.8 Å². The lowest BCUT2D eigenvalue weighted by atomic mass is 10.1. The highest BCUT2D eigenvalue weighted by molar-refractivity contribution is 6.16. The second kappa shape index (κ2) is 8.85. The maximum Gasteiger partial charge on any atom is 0.258 e. The molecule has 1 saturated heterocycles. The highest BCUT2D eigenvalue weighted by Crippen LogP contribution is 2.59. The first-order chi connectivity index (χ1) is 18.2. The number of carbonyl (C=O) groups is 1. The number of fused-ring (bicyclic) bond motifs is 2. The van der Waals surface area contributed by atoms with Gasteiger partial charge in [0.05, 0.1) is 41.4 Å². The predicted octanol–water partition coefficient (Wildman–Crippen LogP) is 3.24. The molecule has 198 valence electrons. The van der Waals surface area contributed by atoms with Crippen LogP contribution in [0.1, 0.15) is 40.7 Å². The molecule has 2 aliphatic heterocycles. The van der Waals surface area contributed by atoms with Gasteiger partial charge in [-0.25, -0.2) is 13.8 Å². The van der Waals surface area contributed by atoms with Gasteiger partial charge in [-0.1, -0.05) is 6.07 Å². The van der Waals surface area contributed by atoms with Crippen LogP contribution in [0.5, 0.6) is 0 Å². The fourth-order valence-electron chi connectivity index (χ4n) is 6.02. The van der Waals surface area contributed by atoms with Crippen LogP contribution >= 0.6 is 0 Å². The van der Waals surface area contributed by atoms with E-state index in [0.29, 0.717) is 36.6 Å². The Morgan fingerprint density at radius 1 is 1.29 bits per heavy atom. The van der Waals surface area contributed by atoms with Crippen molar-refractivity contribution in [1.29, 1.82) is 0 Å². The minimum Gasteiger partial charge on any atom is -0.356 e. The number of H-pyrrole nitrogens is 1. The van der Waals surface area contributed by atoms with Gasteiger partial charge in [-0.15, -0.1) is 0 Å². The Morgan fingerprint density at radius 3 is 2.74 bits per heavy atom. The topological polar surface area (TPSA) is 102 Å². The van der Waals surface area contributed by atoms with E-state index in [4.69, 9.17) is 4.98 Å². The quantitative estimate of drug-likeness (QED) is 0.570. The maximum absolute atomic E-state index is 13.6. The fraction of sp³-hybridized carbons (Fsp3) is 0.444. The minimum atomic E-state index is -2.52. The fourth-order valence-corrected chi connectivity index (χ4v) is 6.02. The van der Waals surface area contributed by atoms with E-state index in [-0.39, 0.29) is 11.9 Å². The second-order valence-corrected chi connectivity index (χ2v) is 10.4. The molecule has 2 N–H and O–H groups in total. The first-order valence-electron chi connectivity index (χ1n) is 12.8. The predicted molar refractivity (Wildman–Crippen MR) is 140 cm³/mol. The standard InChI is InChI=1S/C27H30F2N8O/c1-14-16(5-8-23(32-14)36-12-20-21(13-36)27(20,28)29)10-37-11-19(18(9-30-3)25(37)31-4)26(38)33-22-7-6-17-15(2)34-35-24(17)22/h5,8-9,11,20-22H,3,6-7,10,12-13H2,1-2,4H3,(H,33,38)(H,34,35)/b18-9-,31-25+/t20?,21?,22-/m1/s1. The number of aromatic amines is 1. The van der Waals surface area contributed by atoms with E-state index in [1.54, 1.807) is 19.4 Å². The third-order valence-corrected chi connectivity index (χ3v) is 8.25. The van der Waals surface area contributed by atoms with Gasteiger partial charge in [-0.05, 0) is 50.6 Å². The molecule has 1 amide bonds. The molecular formula is C27H30F2N8O. The van der Waals surface area contributed by atoms with Crippen LogP contribution in [0.2, 0.25) is 0 Å². The van der Waals surface area contributed by atoms with E-state index >= 15 is 0 Å². The van der Waals surface area contributed by atoms with Crippen LogP contribution in [0.3, 0.4) is 0 Å². The number of amides is 1. The number of halogens is 2. The summed E-state index contributed by atoms with van der Waals surface area (Å²) in [5.74, 6) is -2.51. The van der Waals surface area contributed by atoms with Gasteiger partial charge >= 0.3 is 0 Å². The number of aliphatic imine (C=N–C) groups is 2. The van der Waals surface area contributed by atoms with Crippen LogP contribution in [0.25, 0.3) is 0 Å². The molecule has 2 aromatic heterocycles. The van der Waals surface area contributed by atoms with Crippen LogP contribution in [0, 0.1) is 25.7 Å². The summed E-state index contributed by atoms with van der Waals surface area (Å²) in [6, 6.07) is 3.71. The highest BCUT2D eigenvalue weighted by Gasteiger charge is 2.71.